The maximum absolute atomic E-state index is 13.4. The van der Waals surface area contributed by atoms with Crippen molar-refractivity contribution in [1.82, 2.24) is 5.32 Å². The summed E-state index contributed by atoms with van der Waals surface area (Å²) < 4.78 is 18.7. The Labute approximate surface area is 118 Å². The molecular formula is C16H20FNO2. The molecule has 1 aromatic carbocycles. The van der Waals surface area contributed by atoms with Gasteiger partial charge in [0.05, 0.1) is 0 Å². The van der Waals surface area contributed by atoms with Gasteiger partial charge < -0.3 is 10.1 Å². The van der Waals surface area contributed by atoms with Crippen molar-refractivity contribution in [3.8, 4) is 0 Å². The van der Waals surface area contributed by atoms with E-state index in [4.69, 9.17) is 4.74 Å². The molecule has 1 fully saturated rings. The number of alkyl carbamates (subject to hydrolysis) is 1. The van der Waals surface area contributed by atoms with Crippen LogP contribution in [0.4, 0.5) is 9.18 Å². The van der Waals surface area contributed by atoms with Gasteiger partial charge in [-0.2, -0.15) is 0 Å². The lowest BCUT2D eigenvalue weighted by molar-refractivity contribution is 0.0519. The molecule has 108 valence electrons. The van der Waals surface area contributed by atoms with E-state index in [0.717, 1.165) is 24.8 Å². The van der Waals surface area contributed by atoms with E-state index < -0.39 is 5.60 Å². The Hall–Kier alpha value is -1.58. The first kappa shape index (κ1) is 13.4. The van der Waals surface area contributed by atoms with Crippen molar-refractivity contribution >= 4 is 6.09 Å². The molecule has 1 saturated carbocycles. The van der Waals surface area contributed by atoms with Gasteiger partial charge in [-0.25, -0.2) is 9.18 Å². The van der Waals surface area contributed by atoms with Crippen LogP contribution in [0.1, 0.15) is 44.7 Å². The van der Waals surface area contributed by atoms with E-state index in [1.54, 1.807) is 6.07 Å². The van der Waals surface area contributed by atoms with E-state index in [1.165, 1.54) is 11.6 Å². The van der Waals surface area contributed by atoms with Gasteiger partial charge in [-0.1, -0.05) is 6.07 Å². The number of halogens is 1. The van der Waals surface area contributed by atoms with Gasteiger partial charge in [0.25, 0.3) is 0 Å². The SMILES string of the molecule is CC(C)(C)OC(=O)NC1CC12CCc1ccc(F)cc12. The molecule has 3 rings (SSSR count). The van der Waals surface area contributed by atoms with E-state index in [9.17, 15) is 9.18 Å². The predicted octanol–water partition coefficient (Wildman–Crippen LogP) is 3.31. The number of carbonyl (C=O) groups is 1. The van der Waals surface area contributed by atoms with Gasteiger partial charge in [0, 0.05) is 11.5 Å². The van der Waals surface area contributed by atoms with E-state index in [1.807, 2.05) is 26.8 Å². The molecule has 0 heterocycles. The van der Waals surface area contributed by atoms with Crippen LogP contribution in [0.2, 0.25) is 0 Å². The molecule has 20 heavy (non-hydrogen) atoms. The molecule has 0 radical (unpaired) electrons. The first-order valence-corrected chi connectivity index (χ1v) is 7.09. The Kier molecular flexibility index (Phi) is 2.82. The summed E-state index contributed by atoms with van der Waals surface area (Å²) >= 11 is 0. The Bertz CT molecular complexity index is 564. The summed E-state index contributed by atoms with van der Waals surface area (Å²) in [7, 11) is 0. The Morgan fingerprint density at radius 2 is 2.20 bits per heavy atom. The molecule has 2 aliphatic rings. The van der Waals surface area contributed by atoms with Crippen LogP contribution in [-0.4, -0.2) is 17.7 Å². The highest BCUT2D eigenvalue weighted by Crippen LogP contribution is 2.56. The average Bonchev–Trinajstić information content (AvgIpc) is 2.86. The first-order chi connectivity index (χ1) is 9.30. The third kappa shape index (κ3) is 2.28. The lowest BCUT2D eigenvalue weighted by Crippen LogP contribution is -2.36. The van der Waals surface area contributed by atoms with Gasteiger partial charge in [-0.15, -0.1) is 0 Å². The van der Waals surface area contributed by atoms with Crippen LogP contribution in [0.3, 0.4) is 0 Å². The monoisotopic (exact) mass is 277 g/mol. The largest absolute Gasteiger partial charge is 0.444 e. The summed E-state index contributed by atoms with van der Waals surface area (Å²) in [5.74, 6) is -0.201. The molecule has 1 spiro atoms. The van der Waals surface area contributed by atoms with Crippen molar-refractivity contribution < 1.29 is 13.9 Å². The minimum atomic E-state index is -0.494. The molecule has 1 aromatic rings. The number of hydrogen-bond acceptors (Lipinski definition) is 2. The van der Waals surface area contributed by atoms with Crippen LogP contribution in [0.25, 0.3) is 0 Å². The first-order valence-electron chi connectivity index (χ1n) is 7.09. The Morgan fingerprint density at radius 1 is 1.45 bits per heavy atom. The van der Waals surface area contributed by atoms with Crippen molar-refractivity contribution in [1.29, 1.82) is 0 Å². The molecule has 2 atom stereocenters. The highest BCUT2D eigenvalue weighted by Gasteiger charge is 2.59. The van der Waals surface area contributed by atoms with Crippen LogP contribution in [0.15, 0.2) is 18.2 Å². The molecule has 0 aromatic heterocycles. The normalized spacial score (nSPS) is 27.3. The number of ether oxygens (including phenoxy) is 1. The number of fused-ring (bicyclic) bond motifs is 2. The molecule has 3 nitrogen and oxygen atoms in total. The lowest BCUT2D eigenvalue weighted by Gasteiger charge is -2.20. The zero-order valence-corrected chi connectivity index (χ0v) is 12.1. The smallest absolute Gasteiger partial charge is 0.407 e. The highest BCUT2D eigenvalue weighted by atomic mass is 19.1. The van der Waals surface area contributed by atoms with Gasteiger partial charge in [-0.05, 0) is 63.3 Å². The molecule has 0 bridgehead atoms. The summed E-state index contributed by atoms with van der Waals surface area (Å²) in [6.45, 7) is 5.53. The zero-order chi connectivity index (χ0) is 14.5. The third-order valence-corrected chi connectivity index (χ3v) is 4.22. The Balaban J connectivity index is 1.71. The van der Waals surface area contributed by atoms with Crippen molar-refractivity contribution in [2.45, 2.75) is 57.1 Å². The molecule has 0 aliphatic heterocycles. The topological polar surface area (TPSA) is 38.3 Å². The minimum absolute atomic E-state index is 0.0612. The number of hydrogen-bond donors (Lipinski definition) is 1. The summed E-state index contributed by atoms with van der Waals surface area (Å²) in [5, 5.41) is 2.92. The maximum Gasteiger partial charge on any atom is 0.407 e. The summed E-state index contributed by atoms with van der Waals surface area (Å²) in [5.41, 5.74) is 1.72. The summed E-state index contributed by atoms with van der Waals surface area (Å²) in [6, 6.07) is 5.07. The number of amides is 1. The summed E-state index contributed by atoms with van der Waals surface area (Å²) in [4.78, 5) is 11.8. The number of benzene rings is 1. The van der Waals surface area contributed by atoms with Crippen LogP contribution in [0.5, 0.6) is 0 Å². The maximum atomic E-state index is 13.4. The zero-order valence-electron chi connectivity index (χ0n) is 12.1. The quantitative estimate of drug-likeness (QED) is 0.855. The molecule has 4 heteroatoms. The van der Waals surface area contributed by atoms with Crippen molar-refractivity contribution in [2.75, 3.05) is 0 Å². The van der Waals surface area contributed by atoms with E-state index >= 15 is 0 Å². The fraction of sp³-hybridized carbons (Fsp3) is 0.562. The van der Waals surface area contributed by atoms with Crippen LogP contribution in [-0.2, 0) is 16.6 Å². The average molecular weight is 277 g/mol. The second-order valence-electron chi connectivity index (χ2n) is 6.86. The van der Waals surface area contributed by atoms with Crippen LogP contribution < -0.4 is 5.32 Å². The number of carbonyl (C=O) groups excluding carboxylic acids is 1. The van der Waals surface area contributed by atoms with E-state index in [2.05, 4.69) is 5.32 Å². The van der Waals surface area contributed by atoms with E-state index in [-0.39, 0.29) is 23.4 Å². The molecule has 2 unspecified atom stereocenters. The van der Waals surface area contributed by atoms with E-state index in [0.29, 0.717) is 0 Å². The van der Waals surface area contributed by atoms with Gasteiger partial charge in [0.2, 0.25) is 0 Å². The van der Waals surface area contributed by atoms with Crippen LogP contribution >= 0.6 is 0 Å². The van der Waals surface area contributed by atoms with Gasteiger partial charge >= 0.3 is 6.09 Å². The highest BCUT2D eigenvalue weighted by molar-refractivity contribution is 5.70. The Morgan fingerprint density at radius 3 is 2.90 bits per heavy atom. The molecule has 0 saturated heterocycles. The second-order valence-corrected chi connectivity index (χ2v) is 6.86. The standard InChI is InChI=1S/C16H20FNO2/c1-15(2,3)20-14(19)18-13-9-16(13)7-6-10-4-5-11(17)8-12(10)16/h4-5,8,13H,6-7,9H2,1-3H3,(H,18,19). The second kappa shape index (κ2) is 4.21. The lowest BCUT2D eigenvalue weighted by atomic mass is 9.97. The number of nitrogens with one attached hydrogen (secondary N) is 1. The summed E-state index contributed by atoms with van der Waals surface area (Å²) in [6.07, 6.45) is 2.43. The molecule has 2 aliphatic carbocycles. The molecular weight excluding hydrogens is 257 g/mol. The number of rotatable bonds is 1. The fourth-order valence-electron chi connectivity index (χ4n) is 3.24. The van der Waals surface area contributed by atoms with Gasteiger partial charge in [0.15, 0.2) is 0 Å². The molecule has 1 amide bonds. The number of aryl methyl sites for hydroxylation is 1. The molecule has 1 N–H and O–H groups in total. The predicted molar refractivity (Wildman–Crippen MR) is 74.2 cm³/mol. The van der Waals surface area contributed by atoms with Crippen molar-refractivity contribution in [2.24, 2.45) is 0 Å². The van der Waals surface area contributed by atoms with Gasteiger partial charge in [-0.3, -0.25) is 0 Å². The van der Waals surface area contributed by atoms with Crippen molar-refractivity contribution in [3.05, 3.63) is 35.1 Å². The fourth-order valence-corrected chi connectivity index (χ4v) is 3.24. The van der Waals surface area contributed by atoms with Crippen molar-refractivity contribution in [3.63, 3.8) is 0 Å². The third-order valence-electron chi connectivity index (χ3n) is 4.22. The van der Waals surface area contributed by atoms with Gasteiger partial charge in [0.1, 0.15) is 11.4 Å². The minimum Gasteiger partial charge on any atom is -0.444 e. The van der Waals surface area contributed by atoms with Crippen LogP contribution in [0, 0.1) is 5.82 Å².